The molecule has 0 saturated carbocycles. The van der Waals surface area contributed by atoms with Gasteiger partial charge in [-0.3, -0.25) is 10.1 Å². The molecule has 136 valence electrons. The van der Waals surface area contributed by atoms with Crippen molar-refractivity contribution in [2.45, 2.75) is 17.9 Å². The molecule has 2 aromatic carbocycles. The molecular weight excluding hydrogens is 380 g/mol. The lowest BCUT2D eigenvalue weighted by Gasteiger charge is -2.13. The number of benzene rings is 2. The van der Waals surface area contributed by atoms with Gasteiger partial charge in [-0.25, -0.2) is 8.42 Å². The summed E-state index contributed by atoms with van der Waals surface area (Å²) in [6, 6.07) is 10.4. The quantitative estimate of drug-likeness (QED) is 0.502. The molecule has 0 aliphatic heterocycles. The number of nitro benzene ring substituents is 1. The zero-order valence-electron chi connectivity index (χ0n) is 13.9. The molecule has 1 unspecified atom stereocenters. The largest absolute Gasteiger partial charge is 0.459 e. The van der Waals surface area contributed by atoms with Crippen molar-refractivity contribution in [3.05, 3.63) is 63.4 Å². The van der Waals surface area contributed by atoms with E-state index >= 15 is 0 Å². The van der Waals surface area contributed by atoms with Crippen molar-refractivity contribution in [2.24, 2.45) is 0 Å². The second-order valence-electron chi connectivity index (χ2n) is 5.91. The van der Waals surface area contributed by atoms with Gasteiger partial charge < -0.3 is 9.73 Å². The Labute approximate surface area is 154 Å². The lowest BCUT2D eigenvalue weighted by Crippen LogP contribution is -2.08. The van der Waals surface area contributed by atoms with Gasteiger partial charge in [0.15, 0.2) is 9.84 Å². The highest BCUT2D eigenvalue weighted by molar-refractivity contribution is 7.90. The first-order chi connectivity index (χ1) is 12.1. The smallest absolute Gasteiger partial charge is 0.293 e. The molecule has 0 fully saturated rings. The van der Waals surface area contributed by atoms with Crippen LogP contribution in [0.2, 0.25) is 5.02 Å². The molecule has 0 aliphatic rings. The van der Waals surface area contributed by atoms with Gasteiger partial charge in [-0.2, -0.15) is 0 Å². The van der Waals surface area contributed by atoms with Gasteiger partial charge in [0.2, 0.25) is 0 Å². The Morgan fingerprint density at radius 2 is 1.92 bits per heavy atom. The zero-order chi connectivity index (χ0) is 19.1. The Kier molecular flexibility index (Phi) is 4.64. The Morgan fingerprint density at radius 1 is 1.19 bits per heavy atom. The van der Waals surface area contributed by atoms with Gasteiger partial charge in [-0.15, -0.1) is 0 Å². The second kappa shape index (κ2) is 6.62. The number of fused-ring (bicyclic) bond motifs is 1. The van der Waals surface area contributed by atoms with E-state index < -0.39 is 14.8 Å². The summed E-state index contributed by atoms with van der Waals surface area (Å²) in [5.74, 6) is 0.573. The molecule has 1 N–H and O–H groups in total. The summed E-state index contributed by atoms with van der Waals surface area (Å²) in [7, 11) is -3.54. The van der Waals surface area contributed by atoms with E-state index in [1.807, 2.05) is 0 Å². The molecule has 0 spiro atoms. The average molecular weight is 395 g/mol. The lowest BCUT2D eigenvalue weighted by molar-refractivity contribution is -0.384. The van der Waals surface area contributed by atoms with Crippen molar-refractivity contribution >= 4 is 43.8 Å². The van der Waals surface area contributed by atoms with Crippen LogP contribution in [-0.4, -0.2) is 19.6 Å². The molecule has 9 heteroatoms. The van der Waals surface area contributed by atoms with Gasteiger partial charge in [0.1, 0.15) is 17.0 Å². The van der Waals surface area contributed by atoms with Gasteiger partial charge in [-0.1, -0.05) is 11.6 Å². The molecule has 0 bridgehead atoms. The molecule has 0 radical (unpaired) electrons. The number of rotatable bonds is 5. The van der Waals surface area contributed by atoms with Crippen LogP contribution >= 0.6 is 11.6 Å². The third kappa shape index (κ3) is 3.66. The summed E-state index contributed by atoms with van der Waals surface area (Å²) < 4.78 is 29.0. The Bertz CT molecular complexity index is 1110. The maximum atomic E-state index is 11.6. The van der Waals surface area contributed by atoms with Gasteiger partial charge >= 0.3 is 0 Å². The first-order valence-electron chi connectivity index (χ1n) is 7.59. The molecule has 1 aromatic heterocycles. The average Bonchev–Trinajstić information content (AvgIpc) is 2.97. The van der Waals surface area contributed by atoms with E-state index in [-0.39, 0.29) is 22.3 Å². The number of nitro groups is 1. The summed E-state index contributed by atoms with van der Waals surface area (Å²) >= 11 is 5.96. The van der Waals surface area contributed by atoms with Crippen molar-refractivity contribution in [3.8, 4) is 0 Å². The van der Waals surface area contributed by atoms with E-state index in [4.69, 9.17) is 16.0 Å². The van der Waals surface area contributed by atoms with Crippen LogP contribution in [-0.2, 0) is 9.84 Å². The van der Waals surface area contributed by atoms with E-state index in [0.717, 1.165) is 17.7 Å². The molecule has 0 aliphatic carbocycles. The minimum atomic E-state index is -3.54. The summed E-state index contributed by atoms with van der Waals surface area (Å²) in [5.41, 5.74) is 0.535. The van der Waals surface area contributed by atoms with Crippen molar-refractivity contribution in [1.29, 1.82) is 0 Å². The van der Waals surface area contributed by atoms with Gasteiger partial charge in [0, 0.05) is 22.7 Å². The molecule has 7 nitrogen and oxygen atoms in total. The van der Waals surface area contributed by atoms with Crippen molar-refractivity contribution in [3.63, 3.8) is 0 Å². The fourth-order valence-corrected chi connectivity index (χ4v) is 3.39. The predicted octanol–water partition coefficient (Wildman–Crippen LogP) is 4.57. The van der Waals surface area contributed by atoms with Crippen LogP contribution < -0.4 is 5.32 Å². The molecule has 3 aromatic rings. The summed E-state index contributed by atoms with van der Waals surface area (Å²) in [6.45, 7) is 1.79. The monoisotopic (exact) mass is 394 g/mol. The third-order valence-corrected chi connectivity index (χ3v) is 5.24. The van der Waals surface area contributed by atoms with Crippen molar-refractivity contribution in [2.75, 3.05) is 11.6 Å². The minimum absolute atomic E-state index is 0.110. The molecule has 0 amide bonds. The standard InChI is InChI=1S/C17H15ClN2O5S/c1-10(17-8-11-7-12(18)3-6-16(11)25-17)19-14-5-4-13(26(2,23)24)9-15(14)20(21)22/h3-10,19H,1-2H3. The normalized spacial score (nSPS) is 12.9. The van der Waals surface area contributed by atoms with Crippen LogP contribution in [0.1, 0.15) is 18.7 Å². The van der Waals surface area contributed by atoms with E-state index in [9.17, 15) is 18.5 Å². The molecular formula is C17H15ClN2O5S. The lowest BCUT2D eigenvalue weighted by atomic mass is 10.2. The SMILES string of the molecule is CC(Nc1ccc(S(C)(=O)=O)cc1[N+](=O)[O-])c1cc2cc(Cl)ccc2o1. The third-order valence-electron chi connectivity index (χ3n) is 3.89. The summed E-state index contributed by atoms with van der Waals surface area (Å²) in [6.07, 6.45) is 1.00. The van der Waals surface area contributed by atoms with E-state index in [1.165, 1.54) is 12.1 Å². The van der Waals surface area contributed by atoms with Crippen molar-refractivity contribution in [1.82, 2.24) is 0 Å². The number of hydrogen-bond acceptors (Lipinski definition) is 6. The Morgan fingerprint density at radius 3 is 2.58 bits per heavy atom. The van der Waals surface area contributed by atoms with Crippen LogP contribution in [0, 0.1) is 10.1 Å². The number of furan rings is 1. The van der Waals surface area contributed by atoms with Gasteiger partial charge in [0.05, 0.1) is 15.9 Å². The van der Waals surface area contributed by atoms with Gasteiger partial charge in [0.25, 0.3) is 5.69 Å². The summed E-state index contributed by atoms with van der Waals surface area (Å²) in [4.78, 5) is 10.6. The van der Waals surface area contributed by atoms with Crippen molar-refractivity contribution < 1.29 is 17.8 Å². The van der Waals surface area contributed by atoms with Crippen LogP contribution in [0.4, 0.5) is 11.4 Å². The zero-order valence-corrected chi connectivity index (χ0v) is 15.5. The molecule has 1 atom stereocenters. The van der Waals surface area contributed by atoms with Crippen LogP contribution in [0.3, 0.4) is 0 Å². The first-order valence-corrected chi connectivity index (χ1v) is 9.86. The van der Waals surface area contributed by atoms with E-state index in [0.29, 0.717) is 16.4 Å². The van der Waals surface area contributed by atoms with E-state index in [1.54, 1.807) is 31.2 Å². The maximum Gasteiger partial charge on any atom is 0.293 e. The molecule has 26 heavy (non-hydrogen) atoms. The van der Waals surface area contributed by atoms with Crippen LogP contribution in [0.15, 0.2) is 51.8 Å². The van der Waals surface area contributed by atoms with E-state index in [2.05, 4.69) is 5.32 Å². The highest BCUT2D eigenvalue weighted by atomic mass is 35.5. The number of hydrogen-bond donors (Lipinski definition) is 1. The number of sulfone groups is 1. The number of halogens is 1. The minimum Gasteiger partial charge on any atom is -0.459 e. The Hall–Kier alpha value is -2.58. The fourth-order valence-electron chi connectivity index (χ4n) is 2.57. The molecule has 0 saturated heterocycles. The number of anilines is 1. The van der Waals surface area contributed by atoms with Gasteiger partial charge in [-0.05, 0) is 43.3 Å². The topological polar surface area (TPSA) is 102 Å². The predicted molar refractivity (Wildman–Crippen MR) is 99.5 cm³/mol. The Balaban J connectivity index is 1.95. The molecule has 3 rings (SSSR count). The first kappa shape index (κ1) is 18.2. The van der Waals surface area contributed by atoms with Crippen LogP contribution in [0.25, 0.3) is 11.0 Å². The second-order valence-corrected chi connectivity index (χ2v) is 8.36. The number of nitrogens with zero attached hydrogens (tertiary/aromatic N) is 1. The highest BCUT2D eigenvalue weighted by Crippen LogP contribution is 2.32. The highest BCUT2D eigenvalue weighted by Gasteiger charge is 2.21. The van der Waals surface area contributed by atoms with Crippen LogP contribution in [0.5, 0.6) is 0 Å². The number of nitrogens with one attached hydrogen (secondary N) is 1. The molecule has 1 heterocycles. The maximum absolute atomic E-state index is 11.6. The summed E-state index contributed by atoms with van der Waals surface area (Å²) in [5, 5.41) is 15.7. The fraction of sp³-hybridized carbons (Fsp3) is 0.176.